The fourth-order valence-corrected chi connectivity index (χ4v) is 3.32. The number of ether oxygens (including phenoxy) is 2. The Balaban J connectivity index is 0.00000300. The Morgan fingerprint density at radius 1 is 1.17 bits per heavy atom. The first kappa shape index (κ1) is 23.1. The van der Waals surface area contributed by atoms with Crippen LogP contribution in [0.25, 0.3) is 0 Å². The summed E-state index contributed by atoms with van der Waals surface area (Å²) < 4.78 is 24.1. The molecule has 0 radical (unpaired) electrons. The SMILES string of the molecule is CC(NC(=O)C1(CN)CCOCC1)c1ccc(OCc2ccc(F)cc2)cc1.Cl. The van der Waals surface area contributed by atoms with Gasteiger partial charge in [-0.2, -0.15) is 0 Å². The summed E-state index contributed by atoms with van der Waals surface area (Å²) >= 11 is 0. The van der Waals surface area contributed by atoms with Crippen molar-refractivity contribution in [3.05, 3.63) is 65.5 Å². The van der Waals surface area contributed by atoms with E-state index in [1.54, 1.807) is 12.1 Å². The predicted octanol–water partition coefficient (Wildman–Crippen LogP) is 3.76. The quantitative estimate of drug-likeness (QED) is 0.712. The lowest BCUT2D eigenvalue weighted by molar-refractivity contribution is -0.136. The molecule has 158 valence electrons. The van der Waals surface area contributed by atoms with Crippen LogP contribution in [0.4, 0.5) is 4.39 Å². The number of hydrogen-bond acceptors (Lipinski definition) is 4. The molecular weight excluding hydrogens is 395 g/mol. The van der Waals surface area contributed by atoms with Gasteiger partial charge in [-0.15, -0.1) is 12.4 Å². The minimum atomic E-state index is -0.537. The van der Waals surface area contributed by atoms with Gasteiger partial charge in [0.2, 0.25) is 5.91 Å². The zero-order valence-corrected chi connectivity index (χ0v) is 17.3. The molecule has 29 heavy (non-hydrogen) atoms. The largest absolute Gasteiger partial charge is 0.489 e. The molecule has 1 aliphatic rings. The van der Waals surface area contributed by atoms with Crippen LogP contribution >= 0.6 is 12.4 Å². The topological polar surface area (TPSA) is 73.6 Å². The van der Waals surface area contributed by atoms with Crippen molar-refractivity contribution in [2.75, 3.05) is 19.8 Å². The molecule has 1 saturated heterocycles. The number of hydrogen-bond donors (Lipinski definition) is 2. The van der Waals surface area contributed by atoms with E-state index in [2.05, 4.69) is 5.32 Å². The Kier molecular flexibility index (Phi) is 8.44. The number of carbonyl (C=O) groups is 1. The third-order valence-electron chi connectivity index (χ3n) is 5.37. The van der Waals surface area contributed by atoms with Crippen LogP contribution in [0.2, 0.25) is 0 Å². The summed E-state index contributed by atoms with van der Waals surface area (Å²) in [5.41, 5.74) is 7.26. The van der Waals surface area contributed by atoms with Crippen LogP contribution in [-0.2, 0) is 16.1 Å². The summed E-state index contributed by atoms with van der Waals surface area (Å²) in [6, 6.07) is 13.7. The highest BCUT2D eigenvalue weighted by Gasteiger charge is 2.39. The zero-order chi connectivity index (χ0) is 20.0. The van der Waals surface area contributed by atoms with E-state index in [4.69, 9.17) is 15.2 Å². The molecule has 0 saturated carbocycles. The van der Waals surface area contributed by atoms with Gasteiger partial charge in [-0.3, -0.25) is 4.79 Å². The molecule has 1 heterocycles. The maximum atomic E-state index is 12.9. The highest BCUT2D eigenvalue weighted by Crippen LogP contribution is 2.30. The van der Waals surface area contributed by atoms with Crippen LogP contribution in [0, 0.1) is 11.2 Å². The lowest BCUT2D eigenvalue weighted by Gasteiger charge is -2.35. The van der Waals surface area contributed by atoms with Crippen molar-refractivity contribution in [3.63, 3.8) is 0 Å². The van der Waals surface area contributed by atoms with Crippen LogP contribution in [-0.4, -0.2) is 25.7 Å². The van der Waals surface area contributed by atoms with E-state index in [1.165, 1.54) is 12.1 Å². The van der Waals surface area contributed by atoms with Crippen LogP contribution in [0.3, 0.4) is 0 Å². The first-order valence-corrected chi connectivity index (χ1v) is 9.58. The molecule has 1 atom stereocenters. The smallest absolute Gasteiger partial charge is 0.228 e. The lowest BCUT2D eigenvalue weighted by atomic mass is 9.79. The summed E-state index contributed by atoms with van der Waals surface area (Å²) in [7, 11) is 0. The molecule has 1 unspecified atom stereocenters. The van der Waals surface area contributed by atoms with Crippen molar-refractivity contribution in [1.82, 2.24) is 5.32 Å². The molecule has 2 aromatic carbocycles. The van der Waals surface area contributed by atoms with Crippen molar-refractivity contribution in [3.8, 4) is 5.75 Å². The average Bonchev–Trinajstić information content (AvgIpc) is 2.74. The van der Waals surface area contributed by atoms with Crippen LogP contribution in [0.1, 0.15) is 36.9 Å². The van der Waals surface area contributed by atoms with Crippen molar-refractivity contribution in [2.24, 2.45) is 11.1 Å². The van der Waals surface area contributed by atoms with E-state index in [9.17, 15) is 9.18 Å². The predicted molar refractivity (Wildman–Crippen MR) is 113 cm³/mol. The highest BCUT2D eigenvalue weighted by molar-refractivity contribution is 5.85. The molecule has 3 rings (SSSR count). The Bertz CT molecular complexity index is 778. The maximum absolute atomic E-state index is 12.9. The van der Waals surface area contributed by atoms with E-state index in [0.29, 0.717) is 39.2 Å². The van der Waals surface area contributed by atoms with Gasteiger partial charge in [0, 0.05) is 19.8 Å². The number of rotatable bonds is 7. The molecule has 0 aromatic heterocycles. The minimum Gasteiger partial charge on any atom is -0.489 e. The second kappa shape index (κ2) is 10.6. The molecule has 0 aliphatic carbocycles. The fourth-order valence-electron chi connectivity index (χ4n) is 3.32. The van der Waals surface area contributed by atoms with Gasteiger partial charge >= 0.3 is 0 Å². The summed E-state index contributed by atoms with van der Waals surface area (Å²) in [5, 5.41) is 3.09. The summed E-state index contributed by atoms with van der Waals surface area (Å²) in [6.45, 7) is 3.78. The van der Waals surface area contributed by atoms with Crippen LogP contribution < -0.4 is 15.8 Å². The Hall–Kier alpha value is -2.15. The fraction of sp³-hybridized carbons (Fsp3) is 0.409. The van der Waals surface area contributed by atoms with Crippen LogP contribution in [0.5, 0.6) is 5.75 Å². The molecular formula is C22H28ClFN2O3. The van der Waals surface area contributed by atoms with Gasteiger partial charge in [0.15, 0.2) is 0 Å². The number of halogens is 2. The summed E-state index contributed by atoms with van der Waals surface area (Å²) in [5.74, 6) is 0.443. The van der Waals surface area contributed by atoms with E-state index >= 15 is 0 Å². The Labute approximate surface area is 177 Å². The highest BCUT2D eigenvalue weighted by atomic mass is 35.5. The molecule has 7 heteroatoms. The normalized spacial score (nSPS) is 16.4. The second-order valence-electron chi connectivity index (χ2n) is 7.28. The second-order valence-corrected chi connectivity index (χ2v) is 7.28. The van der Waals surface area contributed by atoms with Gasteiger partial charge in [-0.05, 0) is 55.2 Å². The number of nitrogens with two attached hydrogens (primary N) is 1. The standard InChI is InChI=1S/C22H27FN2O3.ClH/c1-16(25-21(26)22(15-24)10-12-27-13-11-22)18-4-8-20(9-5-18)28-14-17-2-6-19(23)7-3-17;/h2-9,16H,10-15,24H2,1H3,(H,25,26);1H. The van der Waals surface area contributed by atoms with Gasteiger partial charge in [0.05, 0.1) is 11.5 Å². The van der Waals surface area contributed by atoms with E-state index in [1.807, 2.05) is 31.2 Å². The monoisotopic (exact) mass is 422 g/mol. The van der Waals surface area contributed by atoms with Crippen molar-refractivity contribution >= 4 is 18.3 Å². The van der Waals surface area contributed by atoms with Gasteiger partial charge in [0.25, 0.3) is 0 Å². The summed E-state index contributed by atoms with van der Waals surface area (Å²) in [4.78, 5) is 12.8. The van der Waals surface area contributed by atoms with Crippen LogP contribution in [0.15, 0.2) is 48.5 Å². The molecule has 1 fully saturated rings. The average molecular weight is 423 g/mol. The molecule has 5 nitrogen and oxygen atoms in total. The van der Waals surface area contributed by atoms with Crippen molar-refractivity contribution in [1.29, 1.82) is 0 Å². The Morgan fingerprint density at radius 3 is 2.38 bits per heavy atom. The number of carbonyl (C=O) groups excluding carboxylic acids is 1. The van der Waals surface area contributed by atoms with Crippen molar-refractivity contribution < 1.29 is 18.7 Å². The molecule has 0 spiro atoms. The van der Waals surface area contributed by atoms with Gasteiger partial charge in [0.1, 0.15) is 18.2 Å². The summed E-state index contributed by atoms with van der Waals surface area (Å²) in [6.07, 6.45) is 1.30. The minimum absolute atomic E-state index is 0. The third-order valence-corrected chi connectivity index (χ3v) is 5.37. The molecule has 3 N–H and O–H groups in total. The van der Waals surface area contributed by atoms with Gasteiger partial charge in [-0.25, -0.2) is 4.39 Å². The molecule has 2 aromatic rings. The molecule has 1 amide bonds. The van der Waals surface area contributed by atoms with E-state index in [-0.39, 0.29) is 30.2 Å². The lowest BCUT2D eigenvalue weighted by Crippen LogP contribution is -2.49. The first-order chi connectivity index (χ1) is 13.5. The van der Waals surface area contributed by atoms with E-state index in [0.717, 1.165) is 16.9 Å². The number of benzene rings is 2. The molecule has 0 bridgehead atoms. The van der Waals surface area contributed by atoms with E-state index < -0.39 is 5.41 Å². The third kappa shape index (κ3) is 5.92. The zero-order valence-electron chi connectivity index (χ0n) is 16.5. The maximum Gasteiger partial charge on any atom is 0.228 e. The Morgan fingerprint density at radius 2 is 1.79 bits per heavy atom. The van der Waals surface area contributed by atoms with Crippen molar-refractivity contribution in [2.45, 2.75) is 32.4 Å². The number of nitrogens with one attached hydrogen (secondary N) is 1. The van der Waals surface area contributed by atoms with Gasteiger partial charge in [-0.1, -0.05) is 24.3 Å². The van der Waals surface area contributed by atoms with Gasteiger partial charge < -0.3 is 20.5 Å². The first-order valence-electron chi connectivity index (χ1n) is 9.58. The number of amides is 1. The molecule has 1 aliphatic heterocycles.